The molecule has 2 aromatic rings. The van der Waals surface area contributed by atoms with Crippen LogP contribution in [0.25, 0.3) is 0 Å². The van der Waals surface area contributed by atoms with Crippen LogP contribution in [-0.4, -0.2) is 32.4 Å². The normalized spacial score (nSPS) is 12.4. The van der Waals surface area contributed by atoms with Crippen molar-refractivity contribution in [3.05, 3.63) is 35.7 Å². The first-order valence-corrected chi connectivity index (χ1v) is 5.24. The highest BCUT2D eigenvalue weighted by atomic mass is 16.5. The Bertz CT molecular complexity index is 480. The van der Waals surface area contributed by atoms with Crippen molar-refractivity contribution < 1.29 is 9.84 Å². The molecule has 0 aliphatic heterocycles. The van der Waals surface area contributed by atoms with Crippen LogP contribution in [0, 0.1) is 0 Å². The Morgan fingerprint density at radius 3 is 2.59 bits per heavy atom. The number of aromatic nitrogens is 4. The maximum Gasteiger partial charge on any atom is 0.177 e. The molecule has 1 N–H and O–H groups in total. The Kier molecular flexibility index (Phi) is 3.34. The van der Waals surface area contributed by atoms with E-state index >= 15 is 0 Å². The highest BCUT2D eigenvalue weighted by molar-refractivity contribution is 5.28. The summed E-state index contributed by atoms with van der Waals surface area (Å²) in [6, 6.07) is 7.26. The van der Waals surface area contributed by atoms with Crippen molar-refractivity contribution in [3.63, 3.8) is 0 Å². The van der Waals surface area contributed by atoms with Gasteiger partial charge in [0.25, 0.3) is 0 Å². The summed E-state index contributed by atoms with van der Waals surface area (Å²) in [7, 11) is 3.30. The minimum Gasteiger partial charge on any atom is -0.497 e. The topological polar surface area (TPSA) is 73.1 Å². The van der Waals surface area contributed by atoms with Crippen molar-refractivity contribution in [1.82, 2.24) is 20.2 Å². The molecule has 0 saturated carbocycles. The van der Waals surface area contributed by atoms with Crippen LogP contribution < -0.4 is 4.74 Å². The maximum absolute atomic E-state index is 9.99. The fraction of sp³-hybridized carbons (Fsp3) is 0.364. The van der Waals surface area contributed by atoms with Crippen LogP contribution in [0.5, 0.6) is 5.75 Å². The Morgan fingerprint density at radius 2 is 2.06 bits per heavy atom. The van der Waals surface area contributed by atoms with Crippen LogP contribution in [0.4, 0.5) is 0 Å². The number of aryl methyl sites for hydroxylation is 1. The minimum atomic E-state index is -0.634. The molecular formula is C11H14N4O2. The minimum absolute atomic E-state index is 0.347. The van der Waals surface area contributed by atoms with E-state index in [1.807, 2.05) is 24.3 Å². The molecule has 0 amide bonds. The maximum atomic E-state index is 9.99. The number of aliphatic hydroxyl groups is 1. The molecule has 2 rings (SSSR count). The van der Waals surface area contributed by atoms with Crippen LogP contribution in [0.2, 0.25) is 0 Å². The third-order valence-electron chi connectivity index (χ3n) is 2.43. The van der Waals surface area contributed by atoms with Gasteiger partial charge in [0.1, 0.15) is 5.75 Å². The zero-order valence-electron chi connectivity index (χ0n) is 9.74. The molecule has 1 aromatic carbocycles. The van der Waals surface area contributed by atoms with Gasteiger partial charge in [0.05, 0.1) is 20.3 Å². The van der Waals surface area contributed by atoms with Crippen LogP contribution in [0.3, 0.4) is 0 Å². The summed E-state index contributed by atoms with van der Waals surface area (Å²) >= 11 is 0. The average Bonchev–Trinajstić information content (AvgIpc) is 2.75. The first kappa shape index (κ1) is 11.5. The predicted molar refractivity (Wildman–Crippen MR) is 60.5 cm³/mol. The van der Waals surface area contributed by atoms with E-state index in [2.05, 4.69) is 15.4 Å². The SMILES string of the molecule is COc1ccc(C(O)Cc2nnn(C)n2)cc1. The van der Waals surface area contributed by atoms with Crippen molar-refractivity contribution >= 4 is 0 Å². The molecule has 1 aromatic heterocycles. The van der Waals surface area contributed by atoms with E-state index in [1.54, 1.807) is 14.2 Å². The number of hydrogen-bond donors (Lipinski definition) is 1. The van der Waals surface area contributed by atoms with Gasteiger partial charge in [-0.15, -0.1) is 10.2 Å². The molecule has 0 saturated heterocycles. The Balaban J connectivity index is 2.06. The molecule has 6 heteroatoms. The molecule has 0 bridgehead atoms. The smallest absolute Gasteiger partial charge is 0.177 e. The highest BCUT2D eigenvalue weighted by Crippen LogP contribution is 2.19. The molecule has 0 aliphatic rings. The van der Waals surface area contributed by atoms with Crippen LogP contribution in [-0.2, 0) is 13.5 Å². The standard InChI is InChI=1S/C11H14N4O2/c1-15-13-11(12-14-15)7-10(16)8-3-5-9(17-2)6-4-8/h3-6,10,16H,7H2,1-2H3. The number of rotatable bonds is 4. The van der Waals surface area contributed by atoms with Crippen LogP contribution in [0.15, 0.2) is 24.3 Å². The number of methoxy groups -OCH3 is 1. The van der Waals surface area contributed by atoms with Crippen molar-refractivity contribution in [2.75, 3.05) is 7.11 Å². The van der Waals surface area contributed by atoms with Crippen LogP contribution in [0.1, 0.15) is 17.5 Å². The fourth-order valence-electron chi connectivity index (χ4n) is 1.52. The number of aliphatic hydroxyl groups excluding tert-OH is 1. The fourth-order valence-corrected chi connectivity index (χ4v) is 1.52. The van der Waals surface area contributed by atoms with Gasteiger partial charge in [0.15, 0.2) is 5.82 Å². The molecule has 1 heterocycles. The van der Waals surface area contributed by atoms with Crippen molar-refractivity contribution in [2.24, 2.45) is 7.05 Å². The predicted octanol–water partition coefficient (Wildman–Crippen LogP) is 0.495. The summed E-state index contributed by atoms with van der Waals surface area (Å²) in [4.78, 5) is 1.37. The molecule has 0 fully saturated rings. The summed E-state index contributed by atoms with van der Waals surface area (Å²) in [5.74, 6) is 1.29. The van der Waals surface area contributed by atoms with Gasteiger partial charge in [-0.25, -0.2) is 0 Å². The molecule has 0 aliphatic carbocycles. The van der Waals surface area contributed by atoms with Gasteiger partial charge in [-0.2, -0.15) is 4.80 Å². The van der Waals surface area contributed by atoms with Gasteiger partial charge in [-0.3, -0.25) is 0 Å². The lowest BCUT2D eigenvalue weighted by Crippen LogP contribution is -2.04. The summed E-state index contributed by atoms with van der Waals surface area (Å²) in [6.07, 6.45) is -0.287. The lowest BCUT2D eigenvalue weighted by molar-refractivity contribution is 0.175. The molecule has 17 heavy (non-hydrogen) atoms. The zero-order chi connectivity index (χ0) is 12.3. The number of ether oxygens (including phenoxy) is 1. The number of tetrazole rings is 1. The second kappa shape index (κ2) is 4.92. The summed E-state index contributed by atoms with van der Waals surface area (Å²) < 4.78 is 5.05. The highest BCUT2D eigenvalue weighted by Gasteiger charge is 2.12. The van der Waals surface area contributed by atoms with E-state index in [4.69, 9.17) is 4.74 Å². The number of hydrogen-bond acceptors (Lipinski definition) is 5. The van der Waals surface area contributed by atoms with Gasteiger partial charge < -0.3 is 9.84 Å². The molecule has 1 atom stereocenters. The van der Waals surface area contributed by atoms with Gasteiger partial charge in [0, 0.05) is 6.42 Å². The zero-order valence-corrected chi connectivity index (χ0v) is 9.74. The van der Waals surface area contributed by atoms with Crippen LogP contribution >= 0.6 is 0 Å². The second-order valence-corrected chi connectivity index (χ2v) is 3.69. The van der Waals surface area contributed by atoms with Gasteiger partial charge in [-0.1, -0.05) is 12.1 Å². The third-order valence-corrected chi connectivity index (χ3v) is 2.43. The van der Waals surface area contributed by atoms with Crippen molar-refractivity contribution in [3.8, 4) is 5.75 Å². The van der Waals surface area contributed by atoms with Crippen molar-refractivity contribution in [2.45, 2.75) is 12.5 Å². The van der Waals surface area contributed by atoms with E-state index in [-0.39, 0.29) is 0 Å². The first-order valence-electron chi connectivity index (χ1n) is 5.24. The van der Waals surface area contributed by atoms with Gasteiger partial charge in [-0.05, 0) is 22.9 Å². The molecule has 0 spiro atoms. The molecule has 0 radical (unpaired) electrons. The van der Waals surface area contributed by atoms with E-state index in [0.717, 1.165) is 11.3 Å². The van der Waals surface area contributed by atoms with Gasteiger partial charge >= 0.3 is 0 Å². The Labute approximate surface area is 98.8 Å². The Morgan fingerprint density at radius 1 is 1.35 bits per heavy atom. The lowest BCUT2D eigenvalue weighted by Gasteiger charge is -2.09. The Hall–Kier alpha value is -1.95. The van der Waals surface area contributed by atoms with E-state index in [0.29, 0.717) is 12.2 Å². The lowest BCUT2D eigenvalue weighted by atomic mass is 10.1. The molecule has 1 unspecified atom stereocenters. The average molecular weight is 234 g/mol. The molecular weight excluding hydrogens is 220 g/mol. The monoisotopic (exact) mass is 234 g/mol. The summed E-state index contributed by atoms with van der Waals surface area (Å²) in [5.41, 5.74) is 0.804. The summed E-state index contributed by atoms with van der Waals surface area (Å²) in [5, 5.41) is 21.6. The first-order chi connectivity index (χ1) is 8.19. The summed E-state index contributed by atoms with van der Waals surface area (Å²) in [6.45, 7) is 0. The molecule has 6 nitrogen and oxygen atoms in total. The second-order valence-electron chi connectivity index (χ2n) is 3.69. The number of nitrogens with zero attached hydrogens (tertiary/aromatic N) is 4. The van der Waals surface area contributed by atoms with E-state index < -0.39 is 6.10 Å². The van der Waals surface area contributed by atoms with Crippen molar-refractivity contribution in [1.29, 1.82) is 0 Å². The number of benzene rings is 1. The third kappa shape index (κ3) is 2.79. The van der Waals surface area contributed by atoms with Gasteiger partial charge in [0.2, 0.25) is 0 Å². The van der Waals surface area contributed by atoms with E-state index in [9.17, 15) is 5.11 Å². The largest absolute Gasteiger partial charge is 0.497 e. The quantitative estimate of drug-likeness (QED) is 0.833. The van der Waals surface area contributed by atoms with E-state index in [1.165, 1.54) is 4.80 Å². The molecule has 90 valence electrons.